The molecule has 0 radical (unpaired) electrons. The molecule has 1 N–H and O–H groups in total. The fourth-order valence-corrected chi connectivity index (χ4v) is 3.32. The number of nitrogens with one attached hydrogen (secondary N) is 1. The average Bonchev–Trinajstić information content (AvgIpc) is 3.01. The fraction of sp³-hybridized carbons (Fsp3) is 0. The van der Waals surface area contributed by atoms with Gasteiger partial charge in [0.15, 0.2) is 0 Å². The molecule has 3 nitrogen and oxygen atoms in total. The lowest BCUT2D eigenvalue weighted by Crippen LogP contribution is -2.07. The van der Waals surface area contributed by atoms with E-state index in [2.05, 4.69) is 21.2 Å². The van der Waals surface area contributed by atoms with Crippen LogP contribution in [0.4, 0.5) is 5.69 Å². The molecule has 1 aromatic heterocycles. The van der Waals surface area contributed by atoms with Gasteiger partial charge in [-0.3, -0.25) is 4.79 Å². The summed E-state index contributed by atoms with van der Waals surface area (Å²) in [5.41, 5.74) is 0.720. The monoisotopic (exact) mass is 399 g/mol. The van der Waals surface area contributed by atoms with Crippen molar-refractivity contribution in [3.05, 3.63) is 81.5 Å². The normalized spacial score (nSPS) is 10.7. The van der Waals surface area contributed by atoms with E-state index in [1.165, 1.54) is 6.08 Å². The minimum Gasteiger partial charge on any atom is -0.457 e. The molecule has 0 bridgehead atoms. The Hall–Kier alpha value is -2.37. The molecule has 3 rings (SSSR count). The third-order valence-electron chi connectivity index (χ3n) is 3.09. The van der Waals surface area contributed by atoms with E-state index in [0.717, 1.165) is 25.8 Å². The highest BCUT2D eigenvalue weighted by Gasteiger charge is 2.01. The molecule has 0 atom stereocenters. The second-order valence-corrected chi connectivity index (χ2v) is 7.40. The van der Waals surface area contributed by atoms with Crippen molar-refractivity contribution in [1.82, 2.24) is 0 Å². The molecule has 2 aromatic carbocycles. The number of rotatable bonds is 5. The lowest BCUT2D eigenvalue weighted by Gasteiger charge is -2.07. The summed E-state index contributed by atoms with van der Waals surface area (Å²) in [5.74, 6) is 1.33. The topological polar surface area (TPSA) is 38.3 Å². The number of carbonyl (C=O) groups excluding carboxylic acids is 1. The van der Waals surface area contributed by atoms with Gasteiger partial charge in [-0.05, 0) is 70.5 Å². The van der Waals surface area contributed by atoms with E-state index in [1.807, 2.05) is 66.7 Å². The number of halogens is 1. The number of amides is 1. The molecule has 0 saturated heterocycles. The number of benzene rings is 2. The van der Waals surface area contributed by atoms with Crippen molar-refractivity contribution in [2.75, 3.05) is 5.32 Å². The van der Waals surface area contributed by atoms with E-state index in [-0.39, 0.29) is 5.91 Å². The summed E-state index contributed by atoms with van der Waals surface area (Å²) in [5, 5.41) is 2.82. The Morgan fingerprint density at radius 2 is 1.67 bits per heavy atom. The number of carbonyl (C=O) groups is 1. The Morgan fingerprint density at radius 3 is 2.33 bits per heavy atom. The molecule has 0 aliphatic carbocycles. The highest BCUT2D eigenvalue weighted by molar-refractivity contribution is 9.11. The third-order valence-corrected chi connectivity index (χ3v) is 4.68. The Kier molecular flexibility index (Phi) is 5.46. The van der Waals surface area contributed by atoms with Crippen molar-refractivity contribution >= 4 is 44.9 Å². The predicted octanol–water partition coefficient (Wildman–Crippen LogP) is 5.95. The van der Waals surface area contributed by atoms with Gasteiger partial charge in [0.25, 0.3) is 0 Å². The molecule has 0 spiro atoms. The molecule has 1 amide bonds. The second kappa shape index (κ2) is 7.95. The van der Waals surface area contributed by atoms with Crippen LogP contribution in [0.1, 0.15) is 4.88 Å². The summed E-state index contributed by atoms with van der Waals surface area (Å²) in [4.78, 5) is 12.9. The number of ether oxygens (including phenoxy) is 1. The van der Waals surface area contributed by atoms with Crippen LogP contribution >= 0.6 is 27.3 Å². The molecule has 5 heteroatoms. The first-order valence-electron chi connectivity index (χ1n) is 7.26. The summed E-state index contributed by atoms with van der Waals surface area (Å²) in [6.07, 6.45) is 3.31. The maximum absolute atomic E-state index is 11.9. The van der Waals surface area contributed by atoms with E-state index in [1.54, 1.807) is 17.4 Å². The number of hydrogen-bond acceptors (Lipinski definition) is 3. The predicted molar refractivity (Wildman–Crippen MR) is 103 cm³/mol. The molecule has 0 saturated carbocycles. The smallest absolute Gasteiger partial charge is 0.248 e. The van der Waals surface area contributed by atoms with E-state index >= 15 is 0 Å². The van der Waals surface area contributed by atoms with E-state index in [9.17, 15) is 4.79 Å². The summed E-state index contributed by atoms with van der Waals surface area (Å²) in [6, 6.07) is 20.7. The van der Waals surface area contributed by atoms with Crippen LogP contribution in [0, 0.1) is 0 Å². The molecule has 0 unspecified atom stereocenters. The van der Waals surface area contributed by atoms with E-state index < -0.39 is 0 Å². The highest BCUT2D eigenvalue weighted by Crippen LogP contribution is 2.24. The van der Waals surface area contributed by atoms with Crippen molar-refractivity contribution in [2.24, 2.45) is 0 Å². The van der Waals surface area contributed by atoms with Crippen LogP contribution < -0.4 is 10.1 Å². The largest absolute Gasteiger partial charge is 0.457 e. The van der Waals surface area contributed by atoms with Crippen LogP contribution in [0.15, 0.2) is 76.6 Å². The zero-order chi connectivity index (χ0) is 16.8. The van der Waals surface area contributed by atoms with Gasteiger partial charge in [0.05, 0.1) is 3.79 Å². The van der Waals surface area contributed by atoms with Gasteiger partial charge in [-0.15, -0.1) is 11.3 Å². The van der Waals surface area contributed by atoms with Gasteiger partial charge >= 0.3 is 0 Å². The molecule has 120 valence electrons. The molecule has 3 aromatic rings. The summed E-state index contributed by atoms with van der Waals surface area (Å²) < 4.78 is 6.75. The Labute approximate surface area is 152 Å². The zero-order valence-electron chi connectivity index (χ0n) is 12.6. The molecule has 1 heterocycles. The number of thiophene rings is 1. The van der Waals surface area contributed by atoms with E-state index in [0.29, 0.717) is 0 Å². The molecular formula is C19H14BrNO2S. The summed E-state index contributed by atoms with van der Waals surface area (Å²) >= 11 is 4.97. The van der Waals surface area contributed by atoms with Crippen LogP contribution in [0.3, 0.4) is 0 Å². The molecule has 0 fully saturated rings. The number of para-hydroxylation sites is 1. The van der Waals surface area contributed by atoms with Gasteiger partial charge < -0.3 is 10.1 Å². The van der Waals surface area contributed by atoms with Crippen LogP contribution in [-0.4, -0.2) is 5.91 Å². The standard InChI is InChI=1S/C19H14BrNO2S/c20-18-12-10-17(24-18)11-13-19(22)21-14-6-8-16(9-7-14)23-15-4-2-1-3-5-15/h1-13H,(H,21,22)/b13-11+. The fourth-order valence-electron chi connectivity index (χ4n) is 1.99. The van der Waals surface area contributed by atoms with Crippen molar-refractivity contribution < 1.29 is 9.53 Å². The first kappa shape index (κ1) is 16.5. The Morgan fingerprint density at radius 1 is 0.958 bits per heavy atom. The van der Waals surface area contributed by atoms with Crippen molar-refractivity contribution in [3.63, 3.8) is 0 Å². The van der Waals surface area contributed by atoms with Crippen LogP contribution in [-0.2, 0) is 4.79 Å². The lowest BCUT2D eigenvalue weighted by atomic mass is 10.3. The van der Waals surface area contributed by atoms with Crippen molar-refractivity contribution in [3.8, 4) is 11.5 Å². The summed E-state index contributed by atoms with van der Waals surface area (Å²) in [7, 11) is 0. The second-order valence-electron chi connectivity index (χ2n) is 4.90. The maximum atomic E-state index is 11.9. The van der Waals surface area contributed by atoms with Gasteiger partial charge in [0.1, 0.15) is 11.5 Å². The number of anilines is 1. The quantitative estimate of drug-likeness (QED) is 0.537. The first-order chi connectivity index (χ1) is 11.7. The highest BCUT2D eigenvalue weighted by atomic mass is 79.9. The molecular weight excluding hydrogens is 386 g/mol. The van der Waals surface area contributed by atoms with Crippen molar-refractivity contribution in [1.29, 1.82) is 0 Å². The van der Waals surface area contributed by atoms with Gasteiger partial charge in [-0.2, -0.15) is 0 Å². The third kappa shape index (κ3) is 4.81. The SMILES string of the molecule is O=C(/C=C/c1ccc(Br)s1)Nc1ccc(Oc2ccccc2)cc1. The minimum absolute atomic E-state index is 0.170. The molecule has 0 aliphatic rings. The number of hydrogen-bond donors (Lipinski definition) is 1. The molecule has 24 heavy (non-hydrogen) atoms. The first-order valence-corrected chi connectivity index (χ1v) is 8.87. The van der Waals surface area contributed by atoms with Gasteiger partial charge in [-0.25, -0.2) is 0 Å². The molecule has 0 aliphatic heterocycles. The van der Waals surface area contributed by atoms with Crippen LogP contribution in [0.2, 0.25) is 0 Å². The summed E-state index contributed by atoms with van der Waals surface area (Å²) in [6.45, 7) is 0. The van der Waals surface area contributed by atoms with E-state index in [4.69, 9.17) is 4.74 Å². The van der Waals surface area contributed by atoms with Crippen LogP contribution in [0.5, 0.6) is 11.5 Å². The van der Waals surface area contributed by atoms with Crippen molar-refractivity contribution in [2.45, 2.75) is 0 Å². The van der Waals surface area contributed by atoms with Gasteiger partial charge in [0, 0.05) is 16.6 Å². The average molecular weight is 400 g/mol. The minimum atomic E-state index is -0.170. The maximum Gasteiger partial charge on any atom is 0.248 e. The lowest BCUT2D eigenvalue weighted by molar-refractivity contribution is -0.111. The van der Waals surface area contributed by atoms with Crippen LogP contribution in [0.25, 0.3) is 6.08 Å². The Balaban J connectivity index is 1.57. The Bertz CT molecular complexity index is 841. The van der Waals surface area contributed by atoms with Gasteiger partial charge in [0.2, 0.25) is 5.91 Å². The van der Waals surface area contributed by atoms with Gasteiger partial charge in [-0.1, -0.05) is 18.2 Å². The zero-order valence-corrected chi connectivity index (χ0v) is 15.0.